The number of rotatable bonds is 5. The first-order valence-electron chi connectivity index (χ1n) is 6.18. The van der Waals surface area contributed by atoms with E-state index in [0.717, 1.165) is 11.1 Å². The Labute approximate surface area is 119 Å². The Bertz CT molecular complexity index is 661. The maximum atomic E-state index is 12.1. The summed E-state index contributed by atoms with van der Waals surface area (Å²) in [5.74, 6) is 0.644. The Hall–Kier alpha value is -2.01. The Morgan fingerprint density at radius 2 is 1.60 bits per heavy atom. The molecule has 1 N–H and O–H groups in total. The average molecular weight is 291 g/mol. The summed E-state index contributed by atoms with van der Waals surface area (Å²) < 4.78 is 31.7. The van der Waals surface area contributed by atoms with Crippen molar-refractivity contribution in [1.82, 2.24) is 0 Å². The number of hydrogen-bond donors (Lipinski definition) is 1. The highest BCUT2D eigenvalue weighted by molar-refractivity contribution is 7.91. The summed E-state index contributed by atoms with van der Waals surface area (Å²) in [6.45, 7) is 1.97. The third kappa shape index (κ3) is 3.99. The second-order valence-electron chi connectivity index (χ2n) is 4.58. The number of hydrogen-bond acceptors (Lipinski definition) is 3. The van der Waals surface area contributed by atoms with E-state index in [1.54, 1.807) is 31.4 Å². The van der Waals surface area contributed by atoms with E-state index >= 15 is 0 Å². The van der Waals surface area contributed by atoms with Crippen LogP contribution in [0.1, 0.15) is 11.1 Å². The summed E-state index contributed by atoms with van der Waals surface area (Å²) in [5, 5.41) is 0. The van der Waals surface area contributed by atoms with Crippen molar-refractivity contribution in [3.05, 3.63) is 59.7 Å². The lowest BCUT2D eigenvalue weighted by molar-refractivity contribution is 0.415. The van der Waals surface area contributed by atoms with Crippen LogP contribution in [0, 0.1) is 6.92 Å². The molecule has 0 aromatic heterocycles. The molecule has 0 aliphatic heterocycles. The maximum absolute atomic E-state index is 12.1. The second-order valence-corrected chi connectivity index (χ2v) is 6.30. The highest BCUT2D eigenvalue weighted by Crippen LogP contribution is 2.17. The van der Waals surface area contributed by atoms with E-state index in [1.165, 1.54) is 0 Å². The highest BCUT2D eigenvalue weighted by atomic mass is 32.2. The fraction of sp³-hybridized carbons (Fsp3) is 0.200. The Morgan fingerprint density at radius 1 is 1.00 bits per heavy atom. The summed E-state index contributed by atoms with van der Waals surface area (Å²) in [6.07, 6.45) is 0. The monoisotopic (exact) mass is 291 g/mol. The van der Waals surface area contributed by atoms with Gasteiger partial charge >= 0.3 is 0 Å². The quantitative estimate of drug-likeness (QED) is 0.921. The molecule has 2 aromatic rings. The number of methoxy groups -OCH3 is 1. The molecule has 0 unspecified atom stereocenters. The van der Waals surface area contributed by atoms with Gasteiger partial charge in [-0.05, 0) is 36.8 Å². The van der Waals surface area contributed by atoms with Crippen molar-refractivity contribution in [2.24, 2.45) is 0 Å². The molecule has 0 heterocycles. The largest absolute Gasteiger partial charge is 0.497 e. The van der Waals surface area contributed by atoms with Gasteiger partial charge in [0, 0.05) is 5.69 Å². The summed E-state index contributed by atoms with van der Waals surface area (Å²) in [6, 6.07) is 14.2. The minimum Gasteiger partial charge on any atom is -0.497 e. The molecule has 0 bridgehead atoms. The van der Waals surface area contributed by atoms with Gasteiger partial charge < -0.3 is 4.74 Å². The van der Waals surface area contributed by atoms with E-state index in [1.807, 2.05) is 31.2 Å². The number of benzene rings is 2. The number of aryl methyl sites for hydroxylation is 1. The molecule has 0 saturated heterocycles. The van der Waals surface area contributed by atoms with Gasteiger partial charge in [-0.3, -0.25) is 4.72 Å². The van der Waals surface area contributed by atoms with Gasteiger partial charge in [0.2, 0.25) is 10.0 Å². The zero-order valence-corrected chi connectivity index (χ0v) is 12.3. The first-order chi connectivity index (χ1) is 9.48. The second kappa shape index (κ2) is 5.96. The van der Waals surface area contributed by atoms with Crippen molar-refractivity contribution in [3.63, 3.8) is 0 Å². The summed E-state index contributed by atoms with van der Waals surface area (Å²) in [7, 11) is -1.84. The molecule has 106 valence electrons. The van der Waals surface area contributed by atoms with Crippen LogP contribution in [0.25, 0.3) is 0 Å². The standard InChI is InChI=1S/C15H17NO3S/c1-12-3-5-13(6-4-12)11-20(17,18)16-14-7-9-15(19-2)10-8-14/h3-10,16H,11H2,1-2H3. The zero-order chi connectivity index (χ0) is 14.6. The number of sulfonamides is 1. The maximum Gasteiger partial charge on any atom is 0.236 e. The smallest absolute Gasteiger partial charge is 0.236 e. The molecule has 0 aliphatic carbocycles. The van der Waals surface area contributed by atoms with Gasteiger partial charge in [-0.1, -0.05) is 29.8 Å². The van der Waals surface area contributed by atoms with Crippen LogP contribution < -0.4 is 9.46 Å². The molecule has 0 spiro atoms. The van der Waals surface area contributed by atoms with E-state index in [4.69, 9.17) is 4.74 Å². The average Bonchev–Trinajstić information content (AvgIpc) is 2.41. The van der Waals surface area contributed by atoms with E-state index in [0.29, 0.717) is 11.4 Å². The molecule has 0 fully saturated rings. The molecule has 2 rings (SSSR count). The van der Waals surface area contributed by atoms with Gasteiger partial charge in [0.1, 0.15) is 5.75 Å². The SMILES string of the molecule is COc1ccc(NS(=O)(=O)Cc2ccc(C)cc2)cc1. The first-order valence-corrected chi connectivity index (χ1v) is 7.84. The fourth-order valence-electron chi connectivity index (χ4n) is 1.78. The van der Waals surface area contributed by atoms with Crippen molar-refractivity contribution in [3.8, 4) is 5.75 Å². The van der Waals surface area contributed by atoms with Gasteiger partial charge in [0.15, 0.2) is 0 Å². The molecule has 5 heteroatoms. The molecule has 0 amide bonds. The summed E-state index contributed by atoms with van der Waals surface area (Å²) in [4.78, 5) is 0. The minimum atomic E-state index is -3.41. The van der Waals surface area contributed by atoms with E-state index in [2.05, 4.69) is 4.72 Å². The summed E-state index contributed by atoms with van der Waals surface area (Å²) >= 11 is 0. The lowest BCUT2D eigenvalue weighted by atomic mass is 10.2. The van der Waals surface area contributed by atoms with E-state index in [-0.39, 0.29) is 5.75 Å². The lowest BCUT2D eigenvalue weighted by Gasteiger charge is -2.09. The highest BCUT2D eigenvalue weighted by Gasteiger charge is 2.11. The number of anilines is 1. The van der Waals surface area contributed by atoms with Crippen LogP contribution in [0.3, 0.4) is 0 Å². The summed E-state index contributed by atoms with van der Waals surface area (Å²) in [5.41, 5.74) is 2.39. The Morgan fingerprint density at radius 3 is 2.15 bits per heavy atom. The van der Waals surface area contributed by atoms with Crippen molar-refractivity contribution >= 4 is 15.7 Å². The predicted molar refractivity (Wildman–Crippen MR) is 80.4 cm³/mol. The Kier molecular flexibility index (Phi) is 4.29. The third-order valence-electron chi connectivity index (χ3n) is 2.84. The van der Waals surface area contributed by atoms with Crippen LogP contribution in [0.4, 0.5) is 5.69 Å². The molecule has 0 atom stereocenters. The zero-order valence-electron chi connectivity index (χ0n) is 11.5. The lowest BCUT2D eigenvalue weighted by Crippen LogP contribution is -2.15. The Balaban J connectivity index is 2.08. The van der Waals surface area contributed by atoms with Crippen molar-refractivity contribution in [2.75, 3.05) is 11.8 Å². The minimum absolute atomic E-state index is 0.0424. The molecular formula is C15H17NO3S. The van der Waals surface area contributed by atoms with Gasteiger partial charge in [-0.2, -0.15) is 0 Å². The van der Waals surface area contributed by atoms with Crippen molar-refractivity contribution in [2.45, 2.75) is 12.7 Å². The van der Waals surface area contributed by atoms with E-state index in [9.17, 15) is 8.42 Å². The van der Waals surface area contributed by atoms with Crippen LogP contribution in [-0.2, 0) is 15.8 Å². The molecule has 0 radical (unpaired) electrons. The van der Waals surface area contributed by atoms with Gasteiger partial charge in [-0.25, -0.2) is 8.42 Å². The topological polar surface area (TPSA) is 55.4 Å². The van der Waals surface area contributed by atoms with Crippen LogP contribution in [0.2, 0.25) is 0 Å². The molecule has 20 heavy (non-hydrogen) atoms. The fourth-order valence-corrected chi connectivity index (χ4v) is 2.98. The molecule has 0 aliphatic rings. The molecule has 4 nitrogen and oxygen atoms in total. The van der Waals surface area contributed by atoms with E-state index < -0.39 is 10.0 Å². The van der Waals surface area contributed by atoms with Crippen LogP contribution in [-0.4, -0.2) is 15.5 Å². The van der Waals surface area contributed by atoms with Crippen molar-refractivity contribution in [1.29, 1.82) is 0 Å². The van der Waals surface area contributed by atoms with Crippen LogP contribution in [0.15, 0.2) is 48.5 Å². The number of nitrogens with one attached hydrogen (secondary N) is 1. The molecule has 2 aromatic carbocycles. The van der Waals surface area contributed by atoms with Crippen LogP contribution in [0.5, 0.6) is 5.75 Å². The number of ether oxygens (including phenoxy) is 1. The van der Waals surface area contributed by atoms with Crippen molar-refractivity contribution < 1.29 is 13.2 Å². The van der Waals surface area contributed by atoms with Gasteiger partial charge in [0.25, 0.3) is 0 Å². The predicted octanol–water partition coefficient (Wildman–Crippen LogP) is 2.95. The van der Waals surface area contributed by atoms with Crippen LogP contribution >= 0.6 is 0 Å². The molecule has 0 saturated carbocycles. The van der Waals surface area contributed by atoms with Gasteiger partial charge in [-0.15, -0.1) is 0 Å². The van der Waals surface area contributed by atoms with Gasteiger partial charge in [0.05, 0.1) is 12.9 Å². The normalized spacial score (nSPS) is 11.1. The third-order valence-corrected chi connectivity index (χ3v) is 4.10. The molecular weight excluding hydrogens is 274 g/mol. The first kappa shape index (κ1) is 14.4.